The quantitative estimate of drug-likeness (QED) is 0.736. The second-order valence-electron chi connectivity index (χ2n) is 3.77. The predicted octanol–water partition coefficient (Wildman–Crippen LogP) is 1.38. The first kappa shape index (κ1) is 9.71. The maximum Gasteiger partial charge on any atom is 0.240 e. The van der Waals surface area contributed by atoms with E-state index in [1.165, 1.54) is 0 Å². The van der Waals surface area contributed by atoms with Gasteiger partial charge in [0.05, 0.1) is 0 Å². The van der Waals surface area contributed by atoms with Crippen LogP contribution in [0.4, 0.5) is 5.69 Å². The van der Waals surface area contributed by atoms with Gasteiger partial charge in [-0.3, -0.25) is 9.59 Å². The highest BCUT2D eigenvalue weighted by Crippen LogP contribution is 2.46. The fourth-order valence-corrected chi connectivity index (χ4v) is 1.48. The van der Waals surface area contributed by atoms with Crippen molar-refractivity contribution in [1.29, 1.82) is 0 Å². The third-order valence-corrected chi connectivity index (χ3v) is 2.69. The van der Waals surface area contributed by atoms with E-state index < -0.39 is 11.3 Å². The van der Waals surface area contributed by atoms with Gasteiger partial charge in [0.25, 0.3) is 0 Å². The van der Waals surface area contributed by atoms with Gasteiger partial charge in [-0.15, -0.1) is 0 Å². The summed E-state index contributed by atoms with van der Waals surface area (Å²) in [5, 5.41) is 2.69. The van der Waals surface area contributed by atoms with E-state index in [1.807, 2.05) is 18.2 Å². The van der Waals surface area contributed by atoms with Crippen LogP contribution in [0.3, 0.4) is 0 Å². The molecule has 0 saturated heterocycles. The molecule has 1 saturated carbocycles. The van der Waals surface area contributed by atoms with Gasteiger partial charge in [0.1, 0.15) is 5.41 Å². The molecule has 1 aromatic carbocycles. The van der Waals surface area contributed by atoms with Gasteiger partial charge in [-0.1, -0.05) is 18.2 Å². The molecular formula is C11H16N2O2. The summed E-state index contributed by atoms with van der Waals surface area (Å²) in [6, 6.07) is 9.04. The molecule has 0 aromatic heterocycles. The monoisotopic (exact) mass is 208 g/mol. The van der Waals surface area contributed by atoms with Crippen molar-refractivity contribution in [3.8, 4) is 0 Å². The Morgan fingerprint density at radius 1 is 1.27 bits per heavy atom. The summed E-state index contributed by atoms with van der Waals surface area (Å²) in [6.07, 6.45) is 1.11. The first-order valence-electron chi connectivity index (χ1n) is 4.81. The molecule has 0 unspecified atom stereocenters. The summed E-state index contributed by atoms with van der Waals surface area (Å²) < 4.78 is 0. The normalized spacial score (nSPS) is 16.8. The molecule has 0 radical (unpaired) electrons. The second-order valence-corrected chi connectivity index (χ2v) is 3.77. The summed E-state index contributed by atoms with van der Waals surface area (Å²) in [4.78, 5) is 22.8. The third-order valence-electron chi connectivity index (χ3n) is 2.69. The maximum absolute atomic E-state index is 11.7. The highest BCUT2D eigenvalue weighted by molar-refractivity contribution is 6.12. The topological polar surface area (TPSA) is 72.2 Å². The minimum atomic E-state index is -0.949. The Bertz CT molecular complexity index is 405. The van der Waals surface area contributed by atoms with Crippen molar-refractivity contribution >= 4 is 17.5 Å². The second kappa shape index (κ2) is 3.38. The van der Waals surface area contributed by atoms with Gasteiger partial charge in [0.2, 0.25) is 11.8 Å². The summed E-state index contributed by atoms with van der Waals surface area (Å²) in [6.45, 7) is 0. The highest BCUT2D eigenvalue weighted by atomic mass is 16.2. The SMILES string of the molecule is NC(=O)C1(C(=O)Nc2ccccc2)CC1.[HH].[HH]. The predicted molar refractivity (Wildman–Crippen MR) is 60.2 cm³/mol. The van der Waals surface area contributed by atoms with E-state index in [0.29, 0.717) is 18.5 Å². The highest BCUT2D eigenvalue weighted by Gasteiger charge is 2.55. The molecule has 0 atom stereocenters. The van der Waals surface area contributed by atoms with E-state index in [-0.39, 0.29) is 8.76 Å². The molecule has 0 spiro atoms. The molecule has 0 aliphatic heterocycles. The number of nitrogens with one attached hydrogen (secondary N) is 1. The Balaban J connectivity index is 0.00000128. The van der Waals surface area contributed by atoms with E-state index in [0.717, 1.165) is 0 Å². The van der Waals surface area contributed by atoms with Crippen LogP contribution >= 0.6 is 0 Å². The number of para-hydroxylation sites is 1. The Labute approximate surface area is 90.4 Å². The lowest BCUT2D eigenvalue weighted by Gasteiger charge is -2.11. The first-order valence-corrected chi connectivity index (χ1v) is 4.81. The van der Waals surface area contributed by atoms with Crippen LogP contribution in [0.2, 0.25) is 0 Å². The molecule has 1 aliphatic carbocycles. The summed E-state index contributed by atoms with van der Waals surface area (Å²) in [5.74, 6) is -0.822. The zero-order valence-electron chi connectivity index (χ0n) is 8.19. The van der Waals surface area contributed by atoms with Gasteiger partial charge in [-0.05, 0) is 25.0 Å². The number of carbonyl (C=O) groups is 2. The number of anilines is 1. The van der Waals surface area contributed by atoms with Crippen LogP contribution in [0, 0.1) is 5.41 Å². The molecule has 2 amide bonds. The molecule has 0 bridgehead atoms. The smallest absolute Gasteiger partial charge is 0.240 e. The first-order chi connectivity index (χ1) is 7.15. The van der Waals surface area contributed by atoms with E-state index in [9.17, 15) is 9.59 Å². The lowest BCUT2D eigenvalue weighted by molar-refractivity contribution is -0.132. The van der Waals surface area contributed by atoms with Crippen molar-refractivity contribution in [2.45, 2.75) is 12.8 Å². The van der Waals surface area contributed by atoms with Gasteiger partial charge < -0.3 is 11.1 Å². The average molecular weight is 208 g/mol. The zero-order valence-corrected chi connectivity index (χ0v) is 8.19. The molecule has 15 heavy (non-hydrogen) atoms. The van der Waals surface area contributed by atoms with E-state index in [2.05, 4.69) is 5.32 Å². The molecule has 82 valence electrons. The van der Waals surface area contributed by atoms with Gasteiger partial charge in [-0.25, -0.2) is 0 Å². The number of carbonyl (C=O) groups excluding carboxylic acids is 2. The fraction of sp³-hybridized carbons (Fsp3) is 0.273. The molecule has 4 nitrogen and oxygen atoms in total. The average Bonchev–Trinajstić information content (AvgIpc) is 2.99. The number of amides is 2. The van der Waals surface area contributed by atoms with Crippen LogP contribution in [0.5, 0.6) is 0 Å². The standard InChI is InChI=1S/C11H12N2O2.2H2/c12-9(14)11(6-7-11)10(15)13-8-4-2-1-3-5-8;;/h1-5H,6-7H2,(H2,12,14)(H,13,15);2*1H. The third kappa shape index (κ3) is 1.70. The van der Waals surface area contributed by atoms with E-state index in [4.69, 9.17) is 5.73 Å². The zero-order chi connectivity index (χ0) is 10.9. The largest absolute Gasteiger partial charge is 0.369 e. The van der Waals surface area contributed by atoms with Crippen LogP contribution in [-0.2, 0) is 9.59 Å². The van der Waals surface area contributed by atoms with Crippen molar-refractivity contribution in [3.05, 3.63) is 30.3 Å². The minimum Gasteiger partial charge on any atom is -0.369 e. The van der Waals surface area contributed by atoms with Crippen LogP contribution < -0.4 is 11.1 Å². The molecule has 2 rings (SSSR count). The number of hydrogen-bond donors (Lipinski definition) is 2. The van der Waals surface area contributed by atoms with Crippen molar-refractivity contribution in [2.75, 3.05) is 5.32 Å². The summed E-state index contributed by atoms with van der Waals surface area (Å²) in [7, 11) is 0. The van der Waals surface area contributed by atoms with Crippen molar-refractivity contribution < 1.29 is 12.4 Å². The number of benzene rings is 1. The van der Waals surface area contributed by atoms with Gasteiger partial charge >= 0.3 is 0 Å². The van der Waals surface area contributed by atoms with Crippen LogP contribution in [0.15, 0.2) is 30.3 Å². The van der Waals surface area contributed by atoms with Crippen molar-refractivity contribution in [2.24, 2.45) is 11.1 Å². The molecular weight excluding hydrogens is 192 g/mol. The van der Waals surface area contributed by atoms with Gasteiger partial charge in [-0.2, -0.15) is 0 Å². The van der Waals surface area contributed by atoms with Gasteiger partial charge in [0, 0.05) is 8.54 Å². The molecule has 1 aromatic rings. The molecule has 1 aliphatic rings. The Hall–Kier alpha value is -1.84. The fourth-order valence-electron chi connectivity index (χ4n) is 1.48. The Morgan fingerprint density at radius 3 is 2.33 bits per heavy atom. The Kier molecular flexibility index (Phi) is 2.19. The summed E-state index contributed by atoms with van der Waals surface area (Å²) >= 11 is 0. The minimum absolute atomic E-state index is 0. The van der Waals surface area contributed by atoms with E-state index >= 15 is 0 Å². The Morgan fingerprint density at radius 2 is 1.87 bits per heavy atom. The molecule has 4 heteroatoms. The van der Waals surface area contributed by atoms with Gasteiger partial charge in [0.15, 0.2) is 0 Å². The lowest BCUT2D eigenvalue weighted by Crippen LogP contribution is -2.36. The van der Waals surface area contributed by atoms with Crippen LogP contribution in [-0.4, -0.2) is 11.8 Å². The summed E-state index contributed by atoms with van der Waals surface area (Å²) in [5.41, 5.74) is 4.93. The van der Waals surface area contributed by atoms with Crippen LogP contribution in [0.25, 0.3) is 0 Å². The number of primary amides is 1. The van der Waals surface area contributed by atoms with E-state index in [1.54, 1.807) is 12.1 Å². The maximum atomic E-state index is 11.7. The molecule has 1 fully saturated rings. The number of hydrogen-bond acceptors (Lipinski definition) is 2. The number of nitrogens with two attached hydrogens (primary N) is 1. The van der Waals surface area contributed by atoms with Crippen LogP contribution in [0.1, 0.15) is 15.7 Å². The molecule has 0 heterocycles. The van der Waals surface area contributed by atoms with Crippen molar-refractivity contribution in [1.82, 2.24) is 0 Å². The number of rotatable bonds is 3. The van der Waals surface area contributed by atoms with Crippen molar-refractivity contribution in [3.63, 3.8) is 0 Å². The molecule has 3 N–H and O–H groups in total. The lowest BCUT2D eigenvalue weighted by atomic mass is 10.1.